The summed E-state index contributed by atoms with van der Waals surface area (Å²) in [6, 6.07) is 0. The van der Waals surface area contributed by atoms with Crippen molar-refractivity contribution in [1.82, 2.24) is 0 Å². The van der Waals surface area contributed by atoms with Crippen LogP contribution >= 0.6 is 23.4 Å². The first-order chi connectivity index (χ1) is 4.69. The van der Waals surface area contributed by atoms with Gasteiger partial charge in [0.05, 0.1) is 0 Å². The Morgan fingerprint density at radius 1 is 1.70 bits per heavy atom. The molecule has 1 aliphatic heterocycles. The van der Waals surface area contributed by atoms with Gasteiger partial charge in [-0.3, -0.25) is 0 Å². The molecule has 0 aromatic rings. The molecule has 2 atom stereocenters. The fraction of sp³-hybridized carbons (Fsp3) is 1.00. The van der Waals surface area contributed by atoms with Gasteiger partial charge >= 0.3 is 0 Å². The first kappa shape index (κ1) is 8.73. The summed E-state index contributed by atoms with van der Waals surface area (Å²) < 4.78 is 0. The lowest BCUT2D eigenvalue weighted by Crippen LogP contribution is -2.25. The van der Waals surface area contributed by atoms with Crippen molar-refractivity contribution in [3.8, 4) is 0 Å². The summed E-state index contributed by atoms with van der Waals surface area (Å²) in [4.78, 5) is 0. The Balaban J connectivity index is 2.48. The average Bonchev–Trinajstić information content (AvgIpc) is 2.15. The Morgan fingerprint density at radius 3 is 2.80 bits per heavy atom. The lowest BCUT2D eigenvalue weighted by Gasteiger charge is -2.25. The molecule has 1 rings (SSSR count). The molecule has 60 valence electrons. The lowest BCUT2D eigenvalue weighted by molar-refractivity contribution is 0.349. The molecule has 0 spiro atoms. The summed E-state index contributed by atoms with van der Waals surface area (Å²) in [5, 5.41) is 0.414. The van der Waals surface area contributed by atoms with Gasteiger partial charge in [0.15, 0.2) is 0 Å². The largest absolute Gasteiger partial charge is 0.160 e. The lowest BCUT2D eigenvalue weighted by atomic mass is 9.85. The van der Waals surface area contributed by atoms with Crippen LogP contribution in [0.2, 0.25) is 0 Å². The molecule has 0 radical (unpaired) electrons. The van der Waals surface area contributed by atoms with E-state index in [9.17, 15) is 0 Å². The van der Waals surface area contributed by atoms with E-state index >= 15 is 0 Å². The molecule has 10 heavy (non-hydrogen) atoms. The zero-order valence-electron chi connectivity index (χ0n) is 6.69. The molecule has 0 aromatic heterocycles. The highest BCUT2D eigenvalue weighted by Gasteiger charge is 2.36. The summed E-state index contributed by atoms with van der Waals surface area (Å²) in [5.74, 6) is 2.41. The van der Waals surface area contributed by atoms with Gasteiger partial charge in [0.2, 0.25) is 0 Å². The smallest absolute Gasteiger partial charge is 0.0488 e. The van der Waals surface area contributed by atoms with Crippen LogP contribution in [0.3, 0.4) is 0 Å². The summed E-state index contributed by atoms with van der Waals surface area (Å²) in [5.41, 5.74) is 0.432. The third kappa shape index (κ3) is 1.62. The van der Waals surface area contributed by atoms with Gasteiger partial charge in [0.1, 0.15) is 0 Å². The predicted molar refractivity (Wildman–Crippen MR) is 50.0 cm³/mol. The molecule has 0 amide bonds. The van der Waals surface area contributed by atoms with Gasteiger partial charge in [-0.25, -0.2) is 0 Å². The van der Waals surface area contributed by atoms with E-state index < -0.39 is 0 Å². The Bertz CT molecular complexity index is 116. The second-order valence-electron chi connectivity index (χ2n) is 3.39. The number of alkyl halides is 1. The first-order valence-electron chi connectivity index (χ1n) is 3.91. The fourth-order valence-electron chi connectivity index (χ4n) is 1.49. The Morgan fingerprint density at radius 2 is 2.40 bits per heavy atom. The normalized spacial score (nSPS) is 40.5. The molecule has 1 saturated heterocycles. The Kier molecular flexibility index (Phi) is 2.93. The van der Waals surface area contributed by atoms with Crippen LogP contribution in [0, 0.1) is 5.41 Å². The van der Waals surface area contributed by atoms with Crippen LogP contribution in [0.1, 0.15) is 26.7 Å². The molecule has 1 heterocycles. The van der Waals surface area contributed by atoms with Crippen molar-refractivity contribution in [3.05, 3.63) is 0 Å². The molecule has 2 unspecified atom stereocenters. The van der Waals surface area contributed by atoms with Gasteiger partial charge in [-0.1, -0.05) is 20.3 Å². The van der Waals surface area contributed by atoms with Crippen LogP contribution < -0.4 is 0 Å². The van der Waals surface area contributed by atoms with Crippen LogP contribution in [0.15, 0.2) is 0 Å². The van der Waals surface area contributed by atoms with Crippen LogP contribution in [0.5, 0.6) is 0 Å². The van der Waals surface area contributed by atoms with E-state index in [0.29, 0.717) is 10.8 Å². The van der Waals surface area contributed by atoms with Crippen molar-refractivity contribution >= 4 is 23.4 Å². The van der Waals surface area contributed by atoms with Crippen LogP contribution in [0.25, 0.3) is 0 Å². The van der Waals surface area contributed by atoms with Crippen molar-refractivity contribution in [1.29, 1.82) is 0 Å². The maximum atomic E-state index is 6.18. The predicted octanol–water partition coefficient (Wildman–Crippen LogP) is 3.15. The van der Waals surface area contributed by atoms with Gasteiger partial charge in [0.25, 0.3) is 0 Å². The highest BCUT2D eigenvalue weighted by molar-refractivity contribution is 7.99. The van der Waals surface area contributed by atoms with Crippen molar-refractivity contribution in [2.24, 2.45) is 5.41 Å². The number of hydrogen-bond donors (Lipinski definition) is 0. The number of thioether (sulfide) groups is 1. The van der Waals surface area contributed by atoms with Crippen molar-refractivity contribution in [3.63, 3.8) is 0 Å². The summed E-state index contributed by atoms with van der Waals surface area (Å²) in [7, 11) is 0. The van der Waals surface area contributed by atoms with E-state index in [0.717, 1.165) is 5.75 Å². The zero-order valence-corrected chi connectivity index (χ0v) is 8.26. The van der Waals surface area contributed by atoms with E-state index in [-0.39, 0.29) is 0 Å². The quantitative estimate of drug-likeness (QED) is 0.586. The second-order valence-corrected chi connectivity index (χ2v) is 4.94. The molecular weight excluding hydrogens is 164 g/mol. The molecule has 0 aliphatic carbocycles. The van der Waals surface area contributed by atoms with E-state index in [4.69, 9.17) is 11.6 Å². The van der Waals surface area contributed by atoms with Crippen molar-refractivity contribution in [2.45, 2.75) is 32.1 Å². The number of halogens is 1. The zero-order chi connectivity index (χ0) is 7.61. The Hall–Kier alpha value is 0.640. The highest BCUT2D eigenvalue weighted by Crippen LogP contribution is 2.42. The molecule has 0 N–H and O–H groups in total. The van der Waals surface area contributed by atoms with Gasteiger partial charge in [-0.2, -0.15) is 11.8 Å². The fourth-order valence-corrected chi connectivity index (χ4v) is 3.57. The SMILES string of the molecule is CCCC1(C)CSCC1Cl. The summed E-state index contributed by atoms with van der Waals surface area (Å²) >= 11 is 8.17. The molecule has 0 nitrogen and oxygen atoms in total. The average molecular weight is 179 g/mol. The van der Waals surface area contributed by atoms with E-state index in [1.54, 1.807) is 0 Å². The summed E-state index contributed by atoms with van der Waals surface area (Å²) in [6.45, 7) is 4.55. The molecule has 0 aromatic carbocycles. The topological polar surface area (TPSA) is 0 Å². The molecule has 0 saturated carbocycles. The molecule has 1 fully saturated rings. The minimum Gasteiger partial charge on any atom is -0.160 e. The minimum absolute atomic E-state index is 0.414. The van der Waals surface area contributed by atoms with E-state index in [1.807, 2.05) is 11.8 Å². The Labute approximate surface area is 72.7 Å². The van der Waals surface area contributed by atoms with E-state index in [2.05, 4.69) is 13.8 Å². The molecule has 0 bridgehead atoms. The minimum atomic E-state index is 0.414. The van der Waals surface area contributed by atoms with Crippen LogP contribution in [0.4, 0.5) is 0 Å². The van der Waals surface area contributed by atoms with Gasteiger partial charge in [-0.05, 0) is 11.8 Å². The van der Waals surface area contributed by atoms with Gasteiger partial charge in [-0.15, -0.1) is 11.6 Å². The maximum Gasteiger partial charge on any atom is 0.0488 e. The first-order valence-corrected chi connectivity index (χ1v) is 5.50. The maximum absolute atomic E-state index is 6.18. The standard InChI is InChI=1S/C8H15ClS/c1-3-4-8(2)6-10-5-7(8)9/h7H,3-6H2,1-2H3. The van der Waals surface area contributed by atoms with Crippen molar-refractivity contribution in [2.75, 3.05) is 11.5 Å². The number of hydrogen-bond acceptors (Lipinski definition) is 1. The third-order valence-corrected chi connectivity index (χ3v) is 4.57. The molecule has 1 aliphatic rings. The van der Waals surface area contributed by atoms with Gasteiger partial charge in [0, 0.05) is 16.9 Å². The molecular formula is C8H15ClS. The van der Waals surface area contributed by atoms with Crippen molar-refractivity contribution < 1.29 is 0 Å². The summed E-state index contributed by atoms with van der Waals surface area (Å²) in [6.07, 6.45) is 2.55. The second kappa shape index (κ2) is 3.36. The number of rotatable bonds is 2. The van der Waals surface area contributed by atoms with Crippen LogP contribution in [-0.4, -0.2) is 16.9 Å². The van der Waals surface area contributed by atoms with Crippen LogP contribution in [-0.2, 0) is 0 Å². The van der Waals surface area contributed by atoms with Gasteiger partial charge < -0.3 is 0 Å². The molecule has 2 heteroatoms. The monoisotopic (exact) mass is 178 g/mol. The third-order valence-electron chi connectivity index (χ3n) is 2.27. The van der Waals surface area contributed by atoms with E-state index in [1.165, 1.54) is 18.6 Å². The highest BCUT2D eigenvalue weighted by atomic mass is 35.5.